The molecule has 1 aliphatic rings. The minimum absolute atomic E-state index is 0.0503. The summed E-state index contributed by atoms with van der Waals surface area (Å²) in [6.07, 6.45) is 2.85. The van der Waals surface area contributed by atoms with E-state index in [-0.39, 0.29) is 11.9 Å². The summed E-state index contributed by atoms with van der Waals surface area (Å²) in [5, 5.41) is 11.0. The van der Waals surface area contributed by atoms with Crippen LogP contribution < -0.4 is 10.6 Å². The lowest BCUT2D eigenvalue weighted by Gasteiger charge is -2.18. The van der Waals surface area contributed by atoms with Crippen molar-refractivity contribution in [3.8, 4) is 11.3 Å². The van der Waals surface area contributed by atoms with Crippen LogP contribution in [0.15, 0.2) is 36.4 Å². The maximum atomic E-state index is 12.4. The molecule has 0 bridgehead atoms. The maximum Gasteiger partial charge on any atom is 0.242 e. The van der Waals surface area contributed by atoms with Crippen LogP contribution in [0.25, 0.3) is 16.9 Å². The third kappa shape index (κ3) is 3.03. The second-order valence-corrected chi connectivity index (χ2v) is 6.82. The van der Waals surface area contributed by atoms with E-state index < -0.39 is 0 Å². The van der Waals surface area contributed by atoms with E-state index >= 15 is 0 Å². The van der Waals surface area contributed by atoms with Crippen molar-refractivity contribution in [3.63, 3.8) is 0 Å². The minimum atomic E-state index is -0.253. The lowest BCUT2D eigenvalue weighted by Crippen LogP contribution is -2.38. The van der Waals surface area contributed by atoms with E-state index in [2.05, 4.69) is 15.7 Å². The Morgan fingerprint density at radius 1 is 1.19 bits per heavy atom. The normalized spacial score (nSPS) is 17.8. The topological polar surface area (TPSA) is 71.3 Å². The van der Waals surface area contributed by atoms with E-state index in [1.165, 1.54) is 0 Å². The summed E-state index contributed by atoms with van der Waals surface area (Å²) in [6, 6.07) is 11.8. The molecule has 3 heterocycles. The van der Waals surface area contributed by atoms with Crippen LogP contribution in [0.2, 0.25) is 0 Å². The van der Waals surface area contributed by atoms with Gasteiger partial charge in [-0.2, -0.15) is 9.61 Å². The minimum Gasteiger partial charge on any atom is -0.358 e. The van der Waals surface area contributed by atoms with E-state index in [0.717, 1.165) is 59.8 Å². The number of nitrogens with one attached hydrogen (secondary N) is 2. The average Bonchev–Trinajstić information content (AvgIpc) is 2.81. The number of amides is 1. The Bertz CT molecular complexity index is 948. The van der Waals surface area contributed by atoms with Crippen LogP contribution in [0.5, 0.6) is 0 Å². The highest BCUT2D eigenvalue weighted by Crippen LogP contribution is 2.25. The van der Waals surface area contributed by atoms with Gasteiger partial charge in [0, 0.05) is 23.7 Å². The monoisotopic (exact) mass is 349 g/mol. The zero-order valence-electron chi connectivity index (χ0n) is 15.1. The molecule has 0 aliphatic carbocycles. The molecule has 1 atom stereocenters. The number of hydrogen-bond acceptors (Lipinski definition) is 4. The Hall–Kier alpha value is -2.89. The molecule has 134 valence electrons. The number of hydrogen-bond donors (Lipinski definition) is 2. The highest BCUT2D eigenvalue weighted by molar-refractivity contribution is 5.85. The number of carbonyl (C=O) groups excluding carboxylic acids is 1. The van der Waals surface area contributed by atoms with Crippen LogP contribution >= 0.6 is 0 Å². The molecule has 1 aromatic carbocycles. The van der Waals surface area contributed by atoms with Crippen molar-refractivity contribution in [2.24, 2.45) is 0 Å². The maximum absolute atomic E-state index is 12.4. The summed E-state index contributed by atoms with van der Waals surface area (Å²) in [6.45, 7) is 4.76. The molecule has 1 amide bonds. The summed E-state index contributed by atoms with van der Waals surface area (Å²) in [4.78, 5) is 17.2. The average molecular weight is 349 g/mol. The Morgan fingerprint density at radius 3 is 2.81 bits per heavy atom. The molecule has 2 aromatic heterocycles. The van der Waals surface area contributed by atoms with Gasteiger partial charge in [-0.15, -0.1) is 0 Å². The molecular formula is C20H23N5O. The molecule has 3 aromatic rings. The van der Waals surface area contributed by atoms with Gasteiger partial charge in [0.05, 0.1) is 11.4 Å². The van der Waals surface area contributed by atoms with Crippen LogP contribution in [-0.2, 0) is 4.79 Å². The van der Waals surface area contributed by atoms with Gasteiger partial charge in [0.15, 0.2) is 5.65 Å². The number of anilines is 1. The summed E-state index contributed by atoms with van der Waals surface area (Å²) >= 11 is 0. The van der Waals surface area contributed by atoms with E-state index in [4.69, 9.17) is 4.98 Å². The summed E-state index contributed by atoms with van der Waals surface area (Å²) < 4.78 is 1.81. The van der Waals surface area contributed by atoms with Gasteiger partial charge in [-0.25, -0.2) is 4.98 Å². The first-order valence-corrected chi connectivity index (χ1v) is 9.10. The Balaban J connectivity index is 1.81. The Kier molecular flexibility index (Phi) is 4.32. The van der Waals surface area contributed by atoms with E-state index in [1.54, 1.807) is 0 Å². The van der Waals surface area contributed by atoms with Gasteiger partial charge in [-0.05, 0) is 33.1 Å². The fourth-order valence-electron chi connectivity index (χ4n) is 3.34. The van der Waals surface area contributed by atoms with Gasteiger partial charge < -0.3 is 10.6 Å². The molecule has 6 heteroatoms. The molecule has 1 fully saturated rings. The SMILES string of the molecule is Cc1nn2c(N[C@H]3CCCCNC3=O)cc(-c3ccccc3)nc2c1C. The first-order valence-electron chi connectivity index (χ1n) is 9.10. The fraction of sp³-hybridized carbons (Fsp3) is 0.350. The molecule has 0 radical (unpaired) electrons. The highest BCUT2D eigenvalue weighted by atomic mass is 16.2. The van der Waals surface area contributed by atoms with Crippen molar-refractivity contribution in [2.45, 2.75) is 39.2 Å². The largest absolute Gasteiger partial charge is 0.358 e. The van der Waals surface area contributed by atoms with Crippen molar-refractivity contribution in [1.29, 1.82) is 0 Å². The zero-order valence-corrected chi connectivity index (χ0v) is 15.1. The third-order valence-corrected chi connectivity index (χ3v) is 4.98. The van der Waals surface area contributed by atoms with Gasteiger partial charge in [-0.1, -0.05) is 30.3 Å². The molecule has 2 N–H and O–H groups in total. The van der Waals surface area contributed by atoms with Crippen molar-refractivity contribution >= 4 is 17.4 Å². The predicted molar refractivity (Wildman–Crippen MR) is 102 cm³/mol. The van der Waals surface area contributed by atoms with E-state index in [9.17, 15) is 4.79 Å². The molecule has 6 nitrogen and oxygen atoms in total. The van der Waals surface area contributed by atoms with Crippen molar-refractivity contribution in [1.82, 2.24) is 19.9 Å². The quantitative estimate of drug-likeness (QED) is 0.762. The number of rotatable bonds is 3. The van der Waals surface area contributed by atoms with Gasteiger partial charge >= 0.3 is 0 Å². The molecule has 1 aliphatic heterocycles. The molecule has 26 heavy (non-hydrogen) atoms. The van der Waals surface area contributed by atoms with Crippen LogP contribution in [0.4, 0.5) is 5.82 Å². The fourth-order valence-corrected chi connectivity index (χ4v) is 3.34. The van der Waals surface area contributed by atoms with Gasteiger partial charge in [0.1, 0.15) is 11.9 Å². The number of aryl methyl sites for hydroxylation is 2. The molecule has 1 saturated heterocycles. The summed E-state index contributed by atoms with van der Waals surface area (Å²) in [7, 11) is 0. The van der Waals surface area contributed by atoms with Gasteiger partial charge in [0.25, 0.3) is 0 Å². The Labute approximate surface area is 152 Å². The predicted octanol–water partition coefficient (Wildman–Crippen LogP) is 3.09. The standard InChI is InChI=1S/C20H23N5O/c1-13-14(2)24-25-18(22-16-10-6-7-11-21-20(16)26)12-17(23-19(13)25)15-8-4-3-5-9-15/h3-5,8-9,12,16,22H,6-7,10-11H2,1-2H3,(H,21,26)/t16-/m0/s1. The summed E-state index contributed by atoms with van der Waals surface area (Å²) in [5.74, 6) is 0.849. The van der Waals surface area contributed by atoms with Crippen LogP contribution in [0, 0.1) is 13.8 Å². The highest BCUT2D eigenvalue weighted by Gasteiger charge is 2.22. The molecule has 0 saturated carbocycles. The van der Waals surface area contributed by atoms with Crippen LogP contribution in [0.3, 0.4) is 0 Å². The smallest absolute Gasteiger partial charge is 0.242 e. The van der Waals surface area contributed by atoms with E-state index in [0.29, 0.717) is 0 Å². The van der Waals surface area contributed by atoms with Gasteiger partial charge in [0.2, 0.25) is 5.91 Å². The lowest BCUT2D eigenvalue weighted by molar-refractivity contribution is -0.121. The Morgan fingerprint density at radius 2 is 2.00 bits per heavy atom. The molecule has 4 rings (SSSR count). The first kappa shape index (κ1) is 16.6. The molecule has 0 unspecified atom stereocenters. The van der Waals surface area contributed by atoms with Crippen molar-refractivity contribution in [3.05, 3.63) is 47.7 Å². The molecular weight excluding hydrogens is 326 g/mol. The van der Waals surface area contributed by atoms with Gasteiger partial charge in [-0.3, -0.25) is 4.79 Å². The lowest BCUT2D eigenvalue weighted by atomic mass is 10.1. The first-order chi connectivity index (χ1) is 12.6. The number of aromatic nitrogens is 3. The van der Waals surface area contributed by atoms with Crippen LogP contribution in [0.1, 0.15) is 30.5 Å². The summed E-state index contributed by atoms with van der Waals surface area (Å²) in [5.41, 5.74) is 4.73. The zero-order chi connectivity index (χ0) is 18.1. The van der Waals surface area contributed by atoms with E-state index in [1.807, 2.05) is 54.8 Å². The van der Waals surface area contributed by atoms with Crippen molar-refractivity contribution < 1.29 is 4.79 Å². The second-order valence-electron chi connectivity index (χ2n) is 6.82. The number of carbonyl (C=O) groups is 1. The molecule has 0 spiro atoms. The number of benzene rings is 1. The van der Waals surface area contributed by atoms with Crippen LogP contribution in [-0.4, -0.2) is 33.1 Å². The number of nitrogens with zero attached hydrogens (tertiary/aromatic N) is 3. The second kappa shape index (κ2) is 6.78. The number of fused-ring (bicyclic) bond motifs is 1. The van der Waals surface area contributed by atoms with Crippen molar-refractivity contribution in [2.75, 3.05) is 11.9 Å². The third-order valence-electron chi connectivity index (χ3n) is 4.98.